The number of rotatable bonds is 8. The highest BCUT2D eigenvalue weighted by molar-refractivity contribution is 8.01. The van der Waals surface area contributed by atoms with Crippen molar-refractivity contribution >= 4 is 68.1 Å². The van der Waals surface area contributed by atoms with Crippen LogP contribution in [-0.2, 0) is 4.79 Å². The predicted octanol–water partition coefficient (Wildman–Crippen LogP) is 5.13. The van der Waals surface area contributed by atoms with Gasteiger partial charge in [-0.1, -0.05) is 17.8 Å². The number of carbonyl (C=O) groups excluding carboxylic acids is 3. The number of aromatic nitrogens is 1. The topological polar surface area (TPSA) is 132 Å². The SMILES string of the molecule is CCOc1ccc(NC(=O)CSc2nc3ccc(N4C(=O)c5cccc([N+](=O)[O-])c5C4=O)cc3s2)cc1. The fourth-order valence-electron chi connectivity index (χ4n) is 3.87. The van der Waals surface area contributed by atoms with Gasteiger partial charge in [0.15, 0.2) is 4.34 Å². The molecule has 2 heterocycles. The molecule has 3 amide bonds. The molecule has 186 valence electrons. The fraction of sp³-hybridized carbons (Fsp3) is 0.120. The Morgan fingerprint density at radius 1 is 1.14 bits per heavy atom. The molecule has 5 rings (SSSR count). The van der Waals surface area contributed by atoms with Gasteiger partial charge in [0.25, 0.3) is 17.5 Å². The second kappa shape index (κ2) is 9.99. The largest absolute Gasteiger partial charge is 0.494 e. The number of hydrogen-bond acceptors (Lipinski definition) is 9. The highest BCUT2D eigenvalue weighted by Gasteiger charge is 2.41. The van der Waals surface area contributed by atoms with Gasteiger partial charge in [0, 0.05) is 11.8 Å². The first-order valence-electron chi connectivity index (χ1n) is 11.1. The lowest BCUT2D eigenvalue weighted by molar-refractivity contribution is -0.385. The lowest BCUT2D eigenvalue weighted by Gasteiger charge is -2.13. The van der Waals surface area contributed by atoms with Crippen molar-refractivity contribution in [3.8, 4) is 5.75 Å². The number of carbonyl (C=O) groups is 3. The van der Waals surface area contributed by atoms with Gasteiger partial charge >= 0.3 is 0 Å². The quantitative estimate of drug-likeness (QED) is 0.142. The van der Waals surface area contributed by atoms with Gasteiger partial charge < -0.3 is 10.1 Å². The molecule has 10 nitrogen and oxygen atoms in total. The van der Waals surface area contributed by atoms with Crippen LogP contribution in [0.3, 0.4) is 0 Å². The third-order valence-electron chi connectivity index (χ3n) is 5.48. The monoisotopic (exact) mass is 534 g/mol. The van der Waals surface area contributed by atoms with E-state index in [0.29, 0.717) is 32.5 Å². The summed E-state index contributed by atoms with van der Waals surface area (Å²) in [6.07, 6.45) is 0. The van der Waals surface area contributed by atoms with Crippen LogP contribution < -0.4 is 15.0 Å². The first-order chi connectivity index (χ1) is 17.9. The van der Waals surface area contributed by atoms with Gasteiger partial charge in [-0.2, -0.15) is 0 Å². The van der Waals surface area contributed by atoms with E-state index in [1.54, 1.807) is 42.5 Å². The number of nitrogens with one attached hydrogen (secondary N) is 1. The van der Waals surface area contributed by atoms with Gasteiger partial charge in [-0.25, -0.2) is 9.88 Å². The minimum atomic E-state index is -0.739. The molecule has 1 aliphatic heterocycles. The number of amides is 3. The molecule has 0 atom stereocenters. The van der Waals surface area contributed by atoms with Crippen molar-refractivity contribution in [1.82, 2.24) is 4.98 Å². The maximum absolute atomic E-state index is 13.0. The van der Waals surface area contributed by atoms with Crippen molar-refractivity contribution in [1.29, 1.82) is 0 Å². The van der Waals surface area contributed by atoms with Crippen LogP contribution >= 0.6 is 23.1 Å². The van der Waals surface area contributed by atoms with E-state index in [9.17, 15) is 24.5 Å². The fourth-order valence-corrected chi connectivity index (χ4v) is 5.77. The van der Waals surface area contributed by atoms with Gasteiger partial charge in [0.2, 0.25) is 5.91 Å². The van der Waals surface area contributed by atoms with Crippen molar-refractivity contribution in [3.05, 3.63) is 81.9 Å². The highest BCUT2D eigenvalue weighted by atomic mass is 32.2. The van der Waals surface area contributed by atoms with Gasteiger partial charge in [0.1, 0.15) is 11.3 Å². The average molecular weight is 535 g/mol. The van der Waals surface area contributed by atoms with Crippen LogP contribution in [0.15, 0.2) is 65.0 Å². The molecule has 0 aliphatic carbocycles. The molecule has 1 N–H and O–H groups in total. The van der Waals surface area contributed by atoms with Crippen molar-refractivity contribution in [2.75, 3.05) is 22.6 Å². The van der Waals surface area contributed by atoms with E-state index >= 15 is 0 Å². The number of thiazole rings is 1. The number of ether oxygens (including phenoxy) is 1. The minimum absolute atomic E-state index is 0.00149. The van der Waals surface area contributed by atoms with Crippen molar-refractivity contribution in [3.63, 3.8) is 0 Å². The van der Waals surface area contributed by atoms with E-state index in [0.717, 1.165) is 10.6 Å². The van der Waals surface area contributed by atoms with Crippen LogP contribution in [0.25, 0.3) is 10.2 Å². The molecule has 0 unspecified atom stereocenters. The first-order valence-corrected chi connectivity index (χ1v) is 12.9. The number of nitro benzene ring substituents is 1. The molecule has 0 spiro atoms. The second-order valence-electron chi connectivity index (χ2n) is 7.83. The van der Waals surface area contributed by atoms with Crippen molar-refractivity contribution in [2.45, 2.75) is 11.3 Å². The normalized spacial score (nSPS) is 12.6. The second-order valence-corrected chi connectivity index (χ2v) is 10.1. The zero-order valence-electron chi connectivity index (χ0n) is 19.3. The van der Waals surface area contributed by atoms with Crippen LogP contribution in [0.2, 0.25) is 0 Å². The van der Waals surface area contributed by atoms with E-state index in [1.807, 2.05) is 6.92 Å². The van der Waals surface area contributed by atoms with Crippen molar-refractivity contribution < 1.29 is 24.0 Å². The van der Waals surface area contributed by atoms with Crippen LogP contribution in [0, 0.1) is 10.1 Å². The molecule has 1 aromatic heterocycles. The summed E-state index contributed by atoms with van der Waals surface area (Å²) >= 11 is 2.59. The number of imide groups is 1. The maximum Gasteiger partial charge on any atom is 0.283 e. The number of nitrogens with zero attached hydrogens (tertiary/aromatic N) is 3. The molecular weight excluding hydrogens is 516 g/mol. The molecule has 0 bridgehead atoms. The number of hydrogen-bond donors (Lipinski definition) is 1. The summed E-state index contributed by atoms with van der Waals surface area (Å²) in [6.45, 7) is 2.46. The van der Waals surface area contributed by atoms with E-state index in [-0.39, 0.29) is 22.8 Å². The molecular formula is C25H18N4O6S2. The number of anilines is 2. The maximum atomic E-state index is 13.0. The molecule has 4 aromatic rings. The molecule has 1 aliphatic rings. The standard InChI is InChI=1S/C25H18N4O6S2/c1-2-35-16-9-6-14(7-10-16)26-21(30)13-36-25-27-18-11-8-15(12-20(18)37-25)28-23(31)17-4-3-5-19(29(33)34)22(17)24(28)32/h3-12H,2,13H2,1H3,(H,26,30). The Morgan fingerprint density at radius 2 is 1.92 bits per heavy atom. The summed E-state index contributed by atoms with van der Waals surface area (Å²) in [7, 11) is 0. The Balaban J connectivity index is 1.29. The predicted molar refractivity (Wildman–Crippen MR) is 141 cm³/mol. The summed E-state index contributed by atoms with van der Waals surface area (Å²) in [5, 5.41) is 14.2. The van der Waals surface area contributed by atoms with E-state index in [1.165, 1.54) is 41.3 Å². The van der Waals surface area contributed by atoms with Gasteiger partial charge in [-0.3, -0.25) is 24.5 Å². The number of benzene rings is 3. The Morgan fingerprint density at radius 3 is 2.65 bits per heavy atom. The third-order valence-corrected chi connectivity index (χ3v) is 7.64. The molecule has 0 saturated heterocycles. The summed E-state index contributed by atoms with van der Waals surface area (Å²) in [4.78, 5) is 54.4. The summed E-state index contributed by atoms with van der Waals surface area (Å²) in [5.74, 6) is -0.683. The Bertz CT molecular complexity index is 1570. The van der Waals surface area contributed by atoms with Crippen LogP contribution in [0.1, 0.15) is 27.6 Å². The average Bonchev–Trinajstić information content (AvgIpc) is 3.41. The Kier molecular flexibility index (Phi) is 6.59. The van der Waals surface area contributed by atoms with Crippen molar-refractivity contribution in [2.24, 2.45) is 0 Å². The van der Waals surface area contributed by atoms with E-state index in [4.69, 9.17) is 4.74 Å². The molecule has 0 radical (unpaired) electrons. The summed E-state index contributed by atoms with van der Waals surface area (Å²) in [5.41, 5.74) is 0.978. The van der Waals surface area contributed by atoms with E-state index in [2.05, 4.69) is 10.3 Å². The highest BCUT2D eigenvalue weighted by Crippen LogP contribution is 2.37. The molecule has 0 saturated carbocycles. The minimum Gasteiger partial charge on any atom is -0.494 e. The molecule has 0 fully saturated rings. The lowest BCUT2D eigenvalue weighted by atomic mass is 10.1. The van der Waals surface area contributed by atoms with Crippen LogP contribution in [0.5, 0.6) is 5.75 Å². The van der Waals surface area contributed by atoms with Gasteiger partial charge in [-0.05, 0) is 55.5 Å². The Hall–Kier alpha value is -4.29. The summed E-state index contributed by atoms with van der Waals surface area (Å²) < 4.78 is 6.74. The number of nitro groups is 1. The van der Waals surface area contributed by atoms with Gasteiger partial charge in [-0.15, -0.1) is 11.3 Å². The zero-order valence-corrected chi connectivity index (χ0v) is 20.9. The smallest absolute Gasteiger partial charge is 0.283 e. The first kappa shape index (κ1) is 24.4. The van der Waals surface area contributed by atoms with Crippen LogP contribution in [-0.4, -0.2) is 40.0 Å². The molecule has 12 heteroatoms. The van der Waals surface area contributed by atoms with Crippen LogP contribution in [0.4, 0.5) is 17.1 Å². The third kappa shape index (κ3) is 4.76. The van der Waals surface area contributed by atoms with Gasteiger partial charge in [0.05, 0.1) is 38.8 Å². The molecule has 3 aromatic carbocycles. The number of thioether (sulfide) groups is 1. The molecule has 37 heavy (non-hydrogen) atoms. The lowest BCUT2D eigenvalue weighted by Crippen LogP contribution is -2.29. The summed E-state index contributed by atoms with van der Waals surface area (Å²) in [6, 6.07) is 16.0. The Labute approximate surface area is 218 Å². The zero-order chi connectivity index (χ0) is 26.1. The number of fused-ring (bicyclic) bond motifs is 2. The van der Waals surface area contributed by atoms with E-state index < -0.39 is 22.4 Å².